The molecule has 0 spiro atoms. The topological polar surface area (TPSA) is 29.1 Å². The minimum Gasteiger partial charge on any atom is -0.311 e. The lowest BCUT2D eigenvalue weighted by Gasteiger charge is -2.04. The smallest absolute Gasteiger partial charge is 0.149 e. The van der Waals surface area contributed by atoms with E-state index < -0.39 is 0 Å². The highest BCUT2D eigenvalue weighted by Gasteiger charge is 2.04. The maximum atomic E-state index is 10.7. The summed E-state index contributed by atoms with van der Waals surface area (Å²) in [5.41, 5.74) is 0. The first kappa shape index (κ1) is 7.63. The van der Waals surface area contributed by atoms with E-state index >= 15 is 0 Å². The molecule has 2 heteroatoms. The highest BCUT2D eigenvalue weighted by Crippen LogP contribution is 1.86. The fourth-order valence-electron chi connectivity index (χ4n) is 0.467. The van der Waals surface area contributed by atoms with Crippen LogP contribution in [0.5, 0.6) is 0 Å². The van der Waals surface area contributed by atoms with Crippen molar-refractivity contribution in [3.63, 3.8) is 0 Å². The highest BCUT2D eigenvalue weighted by atomic mass is 16.1. The normalized spacial score (nSPS) is 13.4. The van der Waals surface area contributed by atoms with E-state index in [0.29, 0.717) is 6.42 Å². The van der Waals surface area contributed by atoms with Crippen molar-refractivity contribution >= 4 is 5.78 Å². The molecule has 0 radical (unpaired) electrons. The van der Waals surface area contributed by atoms with E-state index in [-0.39, 0.29) is 11.8 Å². The number of nitrogens with one attached hydrogen (secondary N) is 1. The van der Waals surface area contributed by atoms with Gasteiger partial charge in [-0.15, -0.1) is 0 Å². The van der Waals surface area contributed by atoms with Gasteiger partial charge < -0.3 is 5.32 Å². The number of ketones is 1. The Labute approximate surface area is 50.3 Å². The zero-order chi connectivity index (χ0) is 6.57. The molecule has 0 bridgehead atoms. The molecule has 1 N–H and O–H groups in total. The second kappa shape index (κ2) is 3.61. The van der Waals surface area contributed by atoms with Gasteiger partial charge >= 0.3 is 0 Å². The quantitative estimate of drug-likeness (QED) is 0.582. The molecule has 2 nitrogen and oxygen atoms in total. The molecule has 0 saturated heterocycles. The summed E-state index contributed by atoms with van der Waals surface area (Å²) < 4.78 is 0. The van der Waals surface area contributed by atoms with Crippen LogP contribution >= 0.6 is 0 Å². The van der Waals surface area contributed by atoms with Gasteiger partial charge in [0.25, 0.3) is 0 Å². The average molecular weight is 115 g/mol. The van der Waals surface area contributed by atoms with Crippen molar-refractivity contribution in [2.24, 2.45) is 0 Å². The van der Waals surface area contributed by atoms with Crippen LogP contribution in [0.4, 0.5) is 0 Å². The van der Waals surface area contributed by atoms with Crippen molar-refractivity contribution < 1.29 is 4.79 Å². The van der Waals surface area contributed by atoms with Crippen LogP contribution in [0, 0.1) is 0 Å². The van der Waals surface area contributed by atoms with Crippen LogP contribution in [0.1, 0.15) is 20.3 Å². The summed E-state index contributed by atoms with van der Waals surface area (Å²) in [5.74, 6) is 0.271. The molecule has 0 aromatic carbocycles. The zero-order valence-corrected chi connectivity index (χ0v) is 5.69. The van der Waals surface area contributed by atoms with Gasteiger partial charge in [0.2, 0.25) is 0 Å². The van der Waals surface area contributed by atoms with Gasteiger partial charge in [0, 0.05) is 6.42 Å². The minimum atomic E-state index is 0.0278. The van der Waals surface area contributed by atoms with Gasteiger partial charge in [0.15, 0.2) is 0 Å². The second-order valence-corrected chi connectivity index (χ2v) is 1.83. The molecule has 0 aliphatic rings. The molecule has 0 unspecified atom stereocenters. The molecule has 0 amide bonds. The molecule has 0 aromatic rings. The van der Waals surface area contributed by atoms with Crippen LogP contribution < -0.4 is 5.32 Å². The Bertz CT molecular complexity index is 80.6. The van der Waals surface area contributed by atoms with Crippen molar-refractivity contribution in [3.05, 3.63) is 0 Å². The van der Waals surface area contributed by atoms with Crippen LogP contribution in [-0.2, 0) is 4.79 Å². The first-order valence-corrected chi connectivity index (χ1v) is 2.92. The predicted octanol–water partition coefficient (Wildman–Crippen LogP) is 0.573. The number of hydrogen-bond donors (Lipinski definition) is 1. The van der Waals surface area contributed by atoms with Gasteiger partial charge in [-0.3, -0.25) is 4.79 Å². The lowest BCUT2D eigenvalue weighted by Crippen LogP contribution is -2.29. The summed E-state index contributed by atoms with van der Waals surface area (Å²) in [6, 6.07) is 0.0278. The SMILES string of the molecule is CCC(=O)[C@@H](C)NC. The molecular formula is C6H13NO. The molecule has 0 fully saturated rings. The lowest BCUT2D eigenvalue weighted by molar-refractivity contribution is -0.120. The van der Waals surface area contributed by atoms with Gasteiger partial charge in [0.1, 0.15) is 5.78 Å². The third-order valence-electron chi connectivity index (χ3n) is 1.26. The Morgan fingerprint density at radius 1 is 1.75 bits per heavy atom. The first-order valence-electron chi connectivity index (χ1n) is 2.92. The first-order chi connectivity index (χ1) is 3.72. The summed E-state index contributed by atoms with van der Waals surface area (Å²) in [6.07, 6.45) is 0.627. The Morgan fingerprint density at radius 3 is 2.38 bits per heavy atom. The molecule has 48 valence electrons. The lowest BCUT2D eigenvalue weighted by atomic mass is 10.2. The van der Waals surface area contributed by atoms with Crippen LogP contribution in [-0.4, -0.2) is 18.9 Å². The zero-order valence-electron chi connectivity index (χ0n) is 5.69. The molecule has 0 rings (SSSR count). The molecule has 0 aliphatic heterocycles. The molecule has 1 atom stereocenters. The van der Waals surface area contributed by atoms with Crippen molar-refractivity contribution in [2.75, 3.05) is 7.05 Å². The van der Waals surface area contributed by atoms with E-state index in [1.165, 1.54) is 0 Å². The molecular weight excluding hydrogens is 102 g/mol. The molecule has 0 aromatic heterocycles. The van der Waals surface area contributed by atoms with Gasteiger partial charge in [-0.2, -0.15) is 0 Å². The molecule has 0 aliphatic carbocycles. The van der Waals surface area contributed by atoms with Gasteiger partial charge in [-0.25, -0.2) is 0 Å². The van der Waals surface area contributed by atoms with Crippen LogP contribution in [0.25, 0.3) is 0 Å². The van der Waals surface area contributed by atoms with E-state index in [2.05, 4.69) is 5.32 Å². The third-order valence-corrected chi connectivity index (χ3v) is 1.26. The third kappa shape index (κ3) is 2.07. The molecule has 8 heavy (non-hydrogen) atoms. The Balaban J connectivity index is 3.46. The van der Waals surface area contributed by atoms with Crippen LogP contribution in [0.15, 0.2) is 0 Å². The standard InChI is InChI=1S/C6H13NO/c1-4-6(8)5(2)7-3/h5,7H,4H2,1-3H3/t5-/m1/s1. The van der Waals surface area contributed by atoms with Crippen molar-refractivity contribution in [3.8, 4) is 0 Å². The van der Waals surface area contributed by atoms with Gasteiger partial charge in [-0.1, -0.05) is 6.92 Å². The monoisotopic (exact) mass is 115 g/mol. The minimum absolute atomic E-state index is 0.0278. The number of rotatable bonds is 3. The Morgan fingerprint density at radius 2 is 2.25 bits per heavy atom. The number of carbonyl (C=O) groups is 1. The summed E-state index contributed by atoms with van der Waals surface area (Å²) in [7, 11) is 1.79. The van der Waals surface area contributed by atoms with Crippen molar-refractivity contribution in [2.45, 2.75) is 26.3 Å². The van der Waals surface area contributed by atoms with E-state index in [0.717, 1.165) is 0 Å². The Hall–Kier alpha value is -0.370. The summed E-state index contributed by atoms with van der Waals surface area (Å²) >= 11 is 0. The summed E-state index contributed by atoms with van der Waals surface area (Å²) in [4.78, 5) is 10.7. The van der Waals surface area contributed by atoms with E-state index in [4.69, 9.17) is 0 Å². The average Bonchev–Trinajstić information content (AvgIpc) is 1.84. The fourth-order valence-corrected chi connectivity index (χ4v) is 0.467. The predicted molar refractivity (Wildman–Crippen MR) is 33.8 cm³/mol. The molecule has 0 heterocycles. The highest BCUT2D eigenvalue weighted by molar-refractivity contribution is 5.83. The summed E-state index contributed by atoms with van der Waals surface area (Å²) in [5, 5.41) is 2.87. The number of Topliss-reactive ketones (excluding diaryl/α,β-unsaturated/α-hetero) is 1. The van der Waals surface area contributed by atoms with Gasteiger partial charge in [0.05, 0.1) is 6.04 Å². The van der Waals surface area contributed by atoms with E-state index in [9.17, 15) is 4.79 Å². The largest absolute Gasteiger partial charge is 0.311 e. The number of carbonyl (C=O) groups excluding carboxylic acids is 1. The maximum Gasteiger partial charge on any atom is 0.149 e. The van der Waals surface area contributed by atoms with Crippen LogP contribution in [0.2, 0.25) is 0 Å². The maximum absolute atomic E-state index is 10.7. The van der Waals surface area contributed by atoms with Crippen molar-refractivity contribution in [1.29, 1.82) is 0 Å². The van der Waals surface area contributed by atoms with Crippen LogP contribution in [0.3, 0.4) is 0 Å². The summed E-state index contributed by atoms with van der Waals surface area (Å²) in [6.45, 7) is 3.74. The van der Waals surface area contributed by atoms with E-state index in [1.54, 1.807) is 7.05 Å². The Kier molecular flexibility index (Phi) is 3.44. The number of likely N-dealkylation sites (N-methyl/N-ethyl adjacent to an activating group) is 1. The number of hydrogen-bond acceptors (Lipinski definition) is 2. The second-order valence-electron chi connectivity index (χ2n) is 1.83. The van der Waals surface area contributed by atoms with Gasteiger partial charge in [-0.05, 0) is 14.0 Å². The molecule has 0 saturated carbocycles. The van der Waals surface area contributed by atoms with E-state index in [1.807, 2.05) is 13.8 Å². The fraction of sp³-hybridized carbons (Fsp3) is 0.833. The van der Waals surface area contributed by atoms with Crippen molar-refractivity contribution in [1.82, 2.24) is 5.32 Å².